The fourth-order valence-corrected chi connectivity index (χ4v) is 2.07. The Morgan fingerprint density at radius 3 is 2.79 bits per heavy atom. The summed E-state index contributed by atoms with van der Waals surface area (Å²) in [6, 6.07) is 6.38. The Morgan fingerprint density at radius 1 is 1.36 bits per heavy atom. The highest BCUT2D eigenvalue weighted by atomic mass is 32.1. The van der Waals surface area contributed by atoms with E-state index in [1.807, 2.05) is 0 Å². The Balaban J connectivity index is 2.65. The third-order valence-corrected chi connectivity index (χ3v) is 2.92. The smallest absolute Gasteiger partial charge is 0.345 e. The molecule has 2 aromatic rings. The van der Waals surface area contributed by atoms with Gasteiger partial charge in [0.1, 0.15) is 10.6 Å². The summed E-state index contributed by atoms with van der Waals surface area (Å²) in [4.78, 5) is 21.1. The lowest BCUT2D eigenvalue weighted by molar-refractivity contribution is 0.0702. The summed E-state index contributed by atoms with van der Waals surface area (Å²) in [7, 11) is 0. The van der Waals surface area contributed by atoms with Gasteiger partial charge in [-0.15, -0.1) is 16.2 Å². The number of thiophene rings is 1. The van der Waals surface area contributed by atoms with E-state index < -0.39 is 5.97 Å². The highest BCUT2D eigenvalue weighted by molar-refractivity contribution is 7.20. The summed E-state index contributed by atoms with van der Waals surface area (Å²) in [6.07, 6.45) is 0. The number of nitroso groups, excluding NO2 is 1. The molecule has 14 heavy (non-hydrogen) atoms. The second-order valence-electron chi connectivity index (χ2n) is 2.73. The molecule has 0 fully saturated rings. The van der Waals surface area contributed by atoms with Crippen molar-refractivity contribution in [3.8, 4) is 0 Å². The van der Waals surface area contributed by atoms with E-state index in [-0.39, 0.29) is 4.88 Å². The van der Waals surface area contributed by atoms with Gasteiger partial charge in [0.05, 0.1) is 0 Å². The number of benzene rings is 1. The normalized spacial score (nSPS) is 10.3. The molecule has 0 spiro atoms. The first-order valence-corrected chi connectivity index (χ1v) is 4.62. The first-order valence-electron chi connectivity index (χ1n) is 3.81. The number of hydrogen-bond donors (Lipinski definition) is 1. The number of fused-ring (bicyclic) bond motifs is 1. The van der Waals surface area contributed by atoms with Gasteiger partial charge in [-0.25, -0.2) is 4.79 Å². The molecular formula is C9H5NO3S. The topological polar surface area (TPSA) is 66.7 Å². The predicted molar refractivity (Wildman–Crippen MR) is 54.2 cm³/mol. The Morgan fingerprint density at radius 2 is 2.14 bits per heavy atom. The number of carboxylic acids is 1. The molecular weight excluding hydrogens is 202 g/mol. The molecule has 5 heteroatoms. The molecule has 0 bridgehead atoms. The number of rotatable bonds is 2. The molecule has 0 aliphatic carbocycles. The zero-order chi connectivity index (χ0) is 10.1. The van der Waals surface area contributed by atoms with Crippen LogP contribution in [0.2, 0.25) is 0 Å². The van der Waals surface area contributed by atoms with Crippen LogP contribution in [0.25, 0.3) is 10.1 Å². The molecule has 1 aromatic carbocycles. The molecule has 1 N–H and O–H groups in total. The number of carbonyl (C=O) groups is 1. The van der Waals surface area contributed by atoms with Crippen molar-refractivity contribution in [2.75, 3.05) is 0 Å². The van der Waals surface area contributed by atoms with E-state index in [1.165, 1.54) is 17.4 Å². The quantitative estimate of drug-likeness (QED) is 0.769. The second kappa shape index (κ2) is 3.19. The first kappa shape index (κ1) is 8.83. The molecule has 1 aromatic heterocycles. The van der Waals surface area contributed by atoms with E-state index in [4.69, 9.17) is 5.11 Å². The van der Waals surface area contributed by atoms with E-state index in [2.05, 4.69) is 5.18 Å². The zero-order valence-corrected chi connectivity index (χ0v) is 7.75. The van der Waals surface area contributed by atoms with Gasteiger partial charge in [0.25, 0.3) is 0 Å². The number of carboxylic acid groups (broad SMARTS) is 1. The van der Waals surface area contributed by atoms with Gasteiger partial charge in [-0.2, -0.15) is 0 Å². The number of hydrogen-bond acceptors (Lipinski definition) is 4. The second-order valence-corrected chi connectivity index (χ2v) is 3.81. The molecule has 0 atom stereocenters. The third-order valence-electron chi connectivity index (χ3n) is 1.82. The fraction of sp³-hybridized carbons (Fsp3) is 0. The Bertz CT molecular complexity index is 518. The molecule has 70 valence electrons. The van der Waals surface area contributed by atoms with E-state index in [0.717, 1.165) is 10.1 Å². The van der Waals surface area contributed by atoms with Gasteiger partial charge in [-0.05, 0) is 34.8 Å². The monoisotopic (exact) mass is 207 g/mol. The van der Waals surface area contributed by atoms with Crippen LogP contribution in [0.4, 0.5) is 5.69 Å². The summed E-state index contributed by atoms with van der Waals surface area (Å²) in [5.41, 5.74) is 0.312. The lowest BCUT2D eigenvalue weighted by atomic mass is 10.2. The van der Waals surface area contributed by atoms with Crippen LogP contribution in [-0.4, -0.2) is 11.1 Å². The Labute approximate surface area is 82.8 Å². The van der Waals surface area contributed by atoms with Crippen molar-refractivity contribution in [2.24, 2.45) is 5.18 Å². The van der Waals surface area contributed by atoms with Crippen molar-refractivity contribution in [2.45, 2.75) is 0 Å². The number of aromatic carboxylic acids is 1. The molecule has 0 amide bonds. The standard InChI is InChI=1S/C9H5NO3S/c11-9(12)8-4-5-3-6(10-13)1-2-7(5)14-8/h1-4H,(H,11,12). The van der Waals surface area contributed by atoms with E-state index in [9.17, 15) is 9.70 Å². The van der Waals surface area contributed by atoms with Crippen molar-refractivity contribution in [1.82, 2.24) is 0 Å². The molecule has 0 aliphatic rings. The lowest BCUT2D eigenvalue weighted by Crippen LogP contribution is -1.89. The molecule has 1 heterocycles. The van der Waals surface area contributed by atoms with Gasteiger partial charge >= 0.3 is 5.97 Å². The highest BCUT2D eigenvalue weighted by Gasteiger charge is 2.08. The highest BCUT2D eigenvalue weighted by Crippen LogP contribution is 2.28. The van der Waals surface area contributed by atoms with Crippen LogP contribution in [0.5, 0.6) is 0 Å². The van der Waals surface area contributed by atoms with Crippen LogP contribution in [0.15, 0.2) is 29.4 Å². The summed E-state index contributed by atoms with van der Waals surface area (Å²) in [6.45, 7) is 0. The van der Waals surface area contributed by atoms with Crippen LogP contribution < -0.4 is 0 Å². The largest absolute Gasteiger partial charge is 0.477 e. The van der Waals surface area contributed by atoms with Crippen molar-refractivity contribution in [3.05, 3.63) is 34.0 Å². The minimum absolute atomic E-state index is 0.267. The van der Waals surface area contributed by atoms with Crippen molar-refractivity contribution in [3.63, 3.8) is 0 Å². The van der Waals surface area contributed by atoms with Gasteiger partial charge in [0, 0.05) is 4.70 Å². The van der Waals surface area contributed by atoms with Crippen LogP contribution in [0.3, 0.4) is 0 Å². The Hall–Kier alpha value is -1.75. The predicted octanol–water partition coefficient (Wildman–Crippen LogP) is 3.00. The van der Waals surface area contributed by atoms with Crippen molar-refractivity contribution < 1.29 is 9.90 Å². The van der Waals surface area contributed by atoms with Crippen LogP contribution in [0.1, 0.15) is 9.67 Å². The van der Waals surface area contributed by atoms with Gasteiger partial charge in [-0.3, -0.25) is 0 Å². The van der Waals surface area contributed by atoms with Gasteiger partial charge in [0.2, 0.25) is 0 Å². The molecule has 0 aliphatic heterocycles. The van der Waals surface area contributed by atoms with Gasteiger partial charge in [0.15, 0.2) is 0 Å². The lowest BCUT2D eigenvalue weighted by Gasteiger charge is -1.87. The van der Waals surface area contributed by atoms with E-state index in [0.29, 0.717) is 5.69 Å². The summed E-state index contributed by atoms with van der Waals surface area (Å²) in [5.74, 6) is -0.952. The minimum Gasteiger partial charge on any atom is -0.477 e. The van der Waals surface area contributed by atoms with E-state index in [1.54, 1.807) is 18.2 Å². The zero-order valence-electron chi connectivity index (χ0n) is 6.93. The molecule has 4 nitrogen and oxygen atoms in total. The van der Waals surface area contributed by atoms with Crippen molar-refractivity contribution in [1.29, 1.82) is 0 Å². The maximum atomic E-state index is 10.7. The van der Waals surface area contributed by atoms with Gasteiger partial charge in [-0.1, -0.05) is 0 Å². The number of nitrogens with zero attached hydrogens (tertiary/aromatic N) is 1. The molecule has 0 saturated heterocycles. The molecule has 2 rings (SSSR count). The van der Waals surface area contributed by atoms with Crippen molar-refractivity contribution >= 4 is 33.1 Å². The average molecular weight is 207 g/mol. The Kier molecular flexibility index (Phi) is 2.01. The van der Waals surface area contributed by atoms with Crippen LogP contribution >= 0.6 is 11.3 Å². The van der Waals surface area contributed by atoms with Crippen LogP contribution in [-0.2, 0) is 0 Å². The third kappa shape index (κ3) is 1.38. The molecule has 0 unspecified atom stereocenters. The first-order chi connectivity index (χ1) is 6.70. The maximum Gasteiger partial charge on any atom is 0.345 e. The van der Waals surface area contributed by atoms with Crippen LogP contribution in [0, 0.1) is 4.91 Å². The van der Waals surface area contributed by atoms with Gasteiger partial charge < -0.3 is 5.11 Å². The summed E-state index contributed by atoms with van der Waals surface area (Å²) >= 11 is 1.18. The SMILES string of the molecule is O=Nc1ccc2sc(C(=O)O)cc2c1. The van der Waals surface area contributed by atoms with E-state index >= 15 is 0 Å². The molecule has 0 saturated carbocycles. The maximum absolute atomic E-state index is 10.7. The molecule has 0 radical (unpaired) electrons. The average Bonchev–Trinajstić information content (AvgIpc) is 2.59. The minimum atomic E-state index is -0.952. The fourth-order valence-electron chi connectivity index (χ4n) is 1.19. The summed E-state index contributed by atoms with van der Waals surface area (Å²) in [5, 5.41) is 12.3. The summed E-state index contributed by atoms with van der Waals surface area (Å²) < 4.78 is 0.842.